The number of rotatable bonds is 5. The highest BCUT2D eigenvalue weighted by Gasteiger charge is 2.42. The van der Waals surface area contributed by atoms with Crippen molar-refractivity contribution < 1.29 is 23.9 Å². The smallest absolute Gasteiger partial charge is 0.356 e. The fraction of sp³-hybridized carbons (Fsp3) is 0.500. The lowest BCUT2D eigenvalue weighted by molar-refractivity contribution is -0.154. The van der Waals surface area contributed by atoms with E-state index in [4.69, 9.17) is 14.3 Å². The molecule has 1 unspecified atom stereocenters. The normalized spacial score (nSPS) is 18.3. The number of hydrogen-bond donors (Lipinski definition) is 1. The Morgan fingerprint density at radius 2 is 1.86 bits per heavy atom. The maximum atomic E-state index is 12.0. The zero-order valence-electron chi connectivity index (χ0n) is 12.8. The van der Waals surface area contributed by atoms with Crippen molar-refractivity contribution in [2.24, 2.45) is 5.41 Å². The van der Waals surface area contributed by atoms with Gasteiger partial charge in [-0.05, 0) is 25.0 Å². The third-order valence-electron chi connectivity index (χ3n) is 4.05. The Morgan fingerprint density at radius 3 is 2.45 bits per heavy atom. The van der Waals surface area contributed by atoms with Crippen LogP contribution < -0.4 is 5.48 Å². The predicted octanol–water partition coefficient (Wildman–Crippen LogP) is 1.71. The lowest BCUT2D eigenvalue weighted by Crippen LogP contribution is -2.52. The monoisotopic (exact) mass is 307 g/mol. The Morgan fingerprint density at radius 1 is 1.23 bits per heavy atom. The molecule has 1 N–H and O–H groups in total. The highest BCUT2D eigenvalue weighted by Crippen LogP contribution is 2.34. The van der Waals surface area contributed by atoms with Gasteiger partial charge in [-0.25, -0.2) is 4.79 Å². The Hall–Kier alpha value is -1.92. The second-order valence-corrected chi connectivity index (χ2v) is 5.60. The molecular formula is C16H21NO5. The van der Waals surface area contributed by atoms with E-state index >= 15 is 0 Å². The molecule has 6 heteroatoms. The minimum Gasteiger partial charge on any atom is -0.468 e. The summed E-state index contributed by atoms with van der Waals surface area (Å²) in [5.41, 5.74) is 2.63. The predicted molar refractivity (Wildman–Crippen MR) is 79.0 cm³/mol. The first kappa shape index (κ1) is 16.5. The Balaban J connectivity index is 2.04. The first-order chi connectivity index (χ1) is 10.6. The molecular weight excluding hydrogens is 286 g/mol. The molecule has 1 saturated heterocycles. The molecule has 0 amide bonds. The average molecular weight is 307 g/mol. The van der Waals surface area contributed by atoms with E-state index in [9.17, 15) is 9.59 Å². The number of nitrogens with one attached hydrogen (secondary N) is 1. The van der Waals surface area contributed by atoms with Gasteiger partial charge in [-0.3, -0.25) is 4.79 Å². The molecule has 2 rings (SSSR count). The maximum Gasteiger partial charge on any atom is 0.356 e. The van der Waals surface area contributed by atoms with Crippen LogP contribution in [0.2, 0.25) is 0 Å². The number of hydroxylamine groups is 1. The van der Waals surface area contributed by atoms with Gasteiger partial charge in [0.1, 0.15) is 6.04 Å². The summed E-state index contributed by atoms with van der Waals surface area (Å²) in [5.74, 6) is -0.990. The van der Waals surface area contributed by atoms with Crippen molar-refractivity contribution in [1.29, 1.82) is 0 Å². The van der Waals surface area contributed by atoms with Gasteiger partial charge in [-0.2, -0.15) is 0 Å². The summed E-state index contributed by atoms with van der Waals surface area (Å²) in [5, 5.41) is 0. The number of carbonyl (C=O) groups is 2. The molecule has 1 fully saturated rings. The molecule has 1 aromatic rings. The number of hydrogen-bond acceptors (Lipinski definition) is 6. The summed E-state index contributed by atoms with van der Waals surface area (Å²) < 4.78 is 10.2. The average Bonchev–Trinajstić information content (AvgIpc) is 2.55. The van der Waals surface area contributed by atoms with Crippen LogP contribution >= 0.6 is 0 Å². The summed E-state index contributed by atoms with van der Waals surface area (Å²) in [7, 11) is 1.32. The maximum absolute atomic E-state index is 12.0. The molecule has 0 aliphatic carbocycles. The number of benzene rings is 1. The van der Waals surface area contributed by atoms with E-state index < -0.39 is 18.0 Å². The summed E-state index contributed by atoms with van der Waals surface area (Å²) in [6.45, 7) is 3.09. The summed E-state index contributed by atoms with van der Waals surface area (Å²) in [6, 6.07) is 7.86. The molecule has 0 bridgehead atoms. The van der Waals surface area contributed by atoms with E-state index in [0.29, 0.717) is 31.6 Å². The van der Waals surface area contributed by atoms with Crippen molar-refractivity contribution in [3.05, 3.63) is 35.9 Å². The van der Waals surface area contributed by atoms with Gasteiger partial charge in [0.2, 0.25) is 0 Å². The summed E-state index contributed by atoms with van der Waals surface area (Å²) in [4.78, 5) is 29.1. The summed E-state index contributed by atoms with van der Waals surface area (Å²) in [6.07, 6.45) is 1.37. The van der Waals surface area contributed by atoms with Crippen molar-refractivity contribution in [1.82, 2.24) is 5.48 Å². The fourth-order valence-corrected chi connectivity index (χ4v) is 2.46. The molecule has 0 spiro atoms. The Labute approximate surface area is 129 Å². The SMILES string of the molecule is COC(=O)C(NOC(=O)c1ccccc1)C1(C)CCOCC1. The third-order valence-corrected chi connectivity index (χ3v) is 4.05. The minimum atomic E-state index is -0.728. The van der Waals surface area contributed by atoms with E-state index in [1.807, 2.05) is 13.0 Å². The van der Waals surface area contributed by atoms with Gasteiger partial charge in [0.05, 0.1) is 12.7 Å². The van der Waals surface area contributed by atoms with E-state index in [0.717, 1.165) is 0 Å². The van der Waals surface area contributed by atoms with Gasteiger partial charge in [-0.1, -0.05) is 25.1 Å². The summed E-state index contributed by atoms with van der Waals surface area (Å²) >= 11 is 0. The van der Waals surface area contributed by atoms with Gasteiger partial charge in [0.25, 0.3) is 0 Å². The van der Waals surface area contributed by atoms with Gasteiger partial charge >= 0.3 is 11.9 Å². The van der Waals surface area contributed by atoms with Crippen LogP contribution in [0.1, 0.15) is 30.1 Å². The molecule has 0 saturated carbocycles. The van der Waals surface area contributed by atoms with Crippen molar-refractivity contribution in [2.75, 3.05) is 20.3 Å². The van der Waals surface area contributed by atoms with Crippen LogP contribution in [0.5, 0.6) is 0 Å². The molecule has 1 atom stereocenters. The lowest BCUT2D eigenvalue weighted by Gasteiger charge is -2.38. The van der Waals surface area contributed by atoms with Crippen molar-refractivity contribution in [2.45, 2.75) is 25.8 Å². The largest absolute Gasteiger partial charge is 0.468 e. The van der Waals surface area contributed by atoms with Crippen molar-refractivity contribution >= 4 is 11.9 Å². The van der Waals surface area contributed by atoms with E-state index in [-0.39, 0.29) is 5.41 Å². The number of carbonyl (C=O) groups excluding carboxylic acids is 2. The van der Waals surface area contributed by atoms with Crippen LogP contribution in [0.15, 0.2) is 30.3 Å². The highest BCUT2D eigenvalue weighted by molar-refractivity contribution is 5.89. The van der Waals surface area contributed by atoms with Crippen LogP contribution in [0.4, 0.5) is 0 Å². The zero-order valence-corrected chi connectivity index (χ0v) is 12.8. The fourth-order valence-electron chi connectivity index (χ4n) is 2.46. The van der Waals surface area contributed by atoms with E-state index in [2.05, 4.69) is 5.48 Å². The molecule has 22 heavy (non-hydrogen) atoms. The minimum absolute atomic E-state index is 0.387. The molecule has 0 aromatic heterocycles. The Kier molecular flexibility index (Phi) is 5.51. The van der Waals surface area contributed by atoms with Crippen LogP contribution in [-0.2, 0) is 19.1 Å². The zero-order chi connectivity index (χ0) is 16.0. The number of ether oxygens (including phenoxy) is 2. The van der Waals surface area contributed by atoms with Gasteiger partial charge < -0.3 is 14.3 Å². The molecule has 1 aliphatic heterocycles. The van der Waals surface area contributed by atoms with Crippen LogP contribution in [0.25, 0.3) is 0 Å². The molecule has 120 valence electrons. The van der Waals surface area contributed by atoms with Gasteiger partial charge in [0, 0.05) is 18.6 Å². The number of esters is 1. The third kappa shape index (κ3) is 3.84. The van der Waals surface area contributed by atoms with E-state index in [1.165, 1.54) is 7.11 Å². The quantitative estimate of drug-likeness (QED) is 0.659. The second kappa shape index (κ2) is 7.38. The first-order valence-electron chi connectivity index (χ1n) is 7.24. The van der Waals surface area contributed by atoms with Crippen LogP contribution in [-0.4, -0.2) is 38.3 Å². The molecule has 1 aliphatic rings. The molecule has 6 nitrogen and oxygen atoms in total. The van der Waals surface area contributed by atoms with Crippen LogP contribution in [0.3, 0.4) is 0 Å². The van der Waals surface area contributed by atoms with Gasteiger partial charge in [0.15, 0.2) is 0 Å². The number of methoxy groups -OCH3 is 1. The van der Waals surface area contributed by atoms with Gasteiger partial charge in [-0.15, -0.1) is 5.48 Å². The second-order valence-electron chi connectivity index (χ2n) is 5.60. The highest BCUT2D eigenvalue weighted by atomic mass is 16.7. The first-order valence-corrected chi connectivity index (χ1v) is 7.24. The Bertz CT molecular complexity index is 511. The standard InChI is InChI=1S/C16H21NO5/c1-16(8-10-21-11-9-16)13(15(19)20-2)17-22-14(18)12-6-4-3-5-7-12/h3-7,13,17H,8-11H2,1-2H3. The van der Waals surface area contributed by atoms with Crippen molar-refractivity contribution in [3.63, 3.8) is 0 Å². The molecule has 1 heterocycles. The lowest BCUT2D eigenvalue weighted by atomic mass is 9.76. The van der Waals surface area contributed by atoms with Crippen molar-refractivity contribution in [3.8, 4) is 0 Å². The topological polar surface area (TPSA) is 73.9 Å². The molecule has 0 radical (unpaired) electrons. The molecule has 1 aromatic carbocycles. The van der Waals surface area contributed by atoms with E-state index in [1.54, 1.807) is 24.3 Å². The van der Waals surface area contributed by atoms with Crippen LogP contribution in [0, 0.1) is 5.41 Å².